The Morgan fingerprint density at radius 3 is 2.67 bits per heavy atom. The van der Waals surface area contributed by atoms with E-state index < -0.39 is 5.97 Å². The first-order chi connectivity index (χ1) is 10.1. The van der Waals surface area contributed by atoms with Gasteiger partial charge < -0.3 is 14.5 Å². The van der Waals surface area contributed by atoms with Crippen molar-refractivity contribution < 1.29 is 18.8 Å². The van der Waals surface area contributed by atoms with Crippen LogP contribution in [-0.2, 0) is 0 Å². The molecule has 1 aliphatic heterocycles. The van der Waals surface area contributed by atoms with E-state index in [-0.39, 0.29) is 17.3 Å². The van der Waals surface area contributed by atoms with E-state index in [1.54, 1.807) is 6.07 Å². The number of carboxylic acid groups (broad SMARTS) is 1. The molecule has 1 N–H and O–H groups in total. The molecule has 2 aromatic rings. The molecule has 0 unspecified atom stereocenters. The van der Waals surface area contributed by atoms with Crippen LogP contribution in [0.1, 0.15) is 29.8 Å². The summed E-state index contributed by atoms with van der Waals surface area (Å²) in [7, 11) is 0. The summed E-state index contributed by atoms with van der Waals surface area (Å²) in [4.78, 5) is 13.1. The van der Waals surface area contributed by atoms with Crippen LogP contribution < -0.4 is 4.90 Å². The molecule has 0 bridgehead atoms. The first kappa shape index (κ1) is 13.6. The van der Waals surface area contributed by atoms with Gasteiger partial charge in [-0.3, -0.25) is 0 Å². The highest BCUT2D eigenvalue weighted by atomic mass is 19.1. The molecule has 3 rings (SSSR count). The molecule has 5 nitrogen and oxygen atoms in total. The minimum absolute atomic E-state index is 0.182. The topological polar surface area (TPSA) is 66.6 Å². The third kappa shape index (κ3) is 2.74. The Bertz CT molecular complexity index is 663. The summed E-state index contributed by atoms with van der Waals surface area (Å²) in [6.45, 7) is 1.80. The van der Waals surface area contributed by atoms with Crippen LogP contribution in [0.25, 0.3) is 11.3 Å². The fourth-order valence-corrected chi connectivity index (χ4v) is 2.62. The van der Waals surface area contributed by atoms with Gasteiger partial charge in [0.15, 0.2) is 11.5 Å². The summed E-state index contributed by atoms with van der Waals surface area (Å²) >= 11 is 0. The largest absolute Gasteiger partial charge is 0.476 e. The molecule has 1 aromatic carbocycles. The maximum absolute atomic E-state index is 13.6. The quantitative estimate of drug-likeness (QED) is 0.940. The lowest BCUT2D eigenvalue weighted by atomic mass is 10.1. The molecule has 0 atom stereocenters. The molecule has 0 aliphatic carbocycles. The number of hydrogen-bond donors (Lipinski definition) is 1. The lowest BCUT2D eigenvalue weighted by molar-refractivity contribution is 0.0686. The molecule has 0 amide bonds. The number of carbonyl (C=O) groups is 1. The highest BCUT2D eigenvalue weighted by Gasteiger charge is 2.20. The van der Waals surface area contributed by atoms with E-state index in [4.69, 9.17) is 9.63 Å². The van der Waals surface area contributed by atoms with Crippen molar-refractivity contribution >= 4 is 11.7 Å². The molecule has 2 heterocycles. The fourth-order valence-electron chi connectivity index (χ4n) is 2.62. The maximum atomic E-state index is 13.6. The van der Waals surface area contributed by atoms with E-state index >= 15 is 0 Å². The number of hydrogen-bond acceptors (Lipinski definition) is 4. The van der Waals surface area contributed by atoms with Crippen LogP contribution in [0.2, 0.25) is 0 Å². The Hall–Kier alpha value is -2.37. The number of carboxylic acids is 1. The smallest absolute Gasteiger partial charge is 0.358 e. The fraction of sp³-hybridized carbons (Fsp3) is 0.333. The third-order valence-electron chi connectivity index (χ3n) is 3.65. The van der Waals surface area contributed by atoms with Crippen LogP contribution >= 0.6 is 0 Å². The van der Waals surface area contributed by atoms with E-state index in [9.17, 15) is 9.18 Å². The van der Waals surface area contributed by atoms with Crippen LogP contribution in [-0.4, -0.2) is 29.3 Å². The highest BCUT2D eigenvalue weighted by molar-refractivity contribution is 5.87. The molecular weight excluding hydrogens is 275 g/mol. The zero-order chi connectivity index (χ0) is 14.8. The molecule has 110 valence electrons. The summed E-state index contributed by atoms with van der Waals surface area (Å²) < 4.78 is 18.6. The van der Waals surface area contributed by atoms with Crippen LogP contribution in [0.4, 0.5) is 10.1 Å². The van der Waals surface area contributed by atoms with Crippen molar-refractivity contribution in [2.24, 2.45) is 0 Å². The standard InChI is InChI=1S/C15H15FN2O3/c16-10-4-5-13(18-6-2-1-3-7-18)11(8-10)14-9-12(15(19)20)17-21-14/h4-5,8-9H,1-3,6-7H2,(H,19,20). The maximum Gasteiger partial charge on any atom is 0.358 e. The molecule has 1 aliphatic rings. The summed E-state index contributed by atoms with van der Waals surface area (Å²) in [5.41, 5.74) is 1.21. The predicted molar refractivity (Wildman–Crippen MR) is 74.9 cm³/mol. The van der Waals surface area contributed by atoms with Crippen molar-refractivity contribution in [1.29, 1.82) is 0 Å². The van der Waals surface area contributed by atoms with E-state index in [0.29, 0.717) is 5.56 Å². The molecule has 1 saturated heterocycles. The zero-order valence-corrected chi connectivity index (χ0v) is 11.4. The van der Waals surface area contributed by atoms with Gasteiger partial charge in [0.05, 0.1) is 0 Å². The van der Waals surface area contributed by atoms with Gasteiger partial charge in [0.2, 0.25) is 0 Å². The number of anilines is 1. The van der Waals surface area contributed by atoms with Crippen molar-refractivity contribution in [3.05, 3.63) is 35.8 Å². The van der Waals surface area contributed by atoms with Crippen molar-refractivity contribution in [2.75, 3.05) is 18.0 Å². The van der Waals surface area contributed by atoms with Crippen LogP contribution in [0.15, 0.2) is 28.8 Å². The van der Waals surface area contributed by atoms with Crippen LogP contribution in [0.5, 0.6) is 0 Å². The molecule has 1 aromatic heterocycles. The van der Waals surface area contributed by atoms with E-state index in [2.05, 4.69) is 10.1 Å². The lowest BCUT2D eigenvalue weighted by Crippen LogP contribution is -2.29. The van der Waals surface area contributed by atoms with Crippen LogP contribution in [0.3, 0.4) is 0 Å². The van der Waals surface area contributed by atoms with Crippen molar-refractivity contribution in [3.8, 4) is 11.3 Å². The monoisotopic (exact) mass is 290 g/mol. The first-order valence-electron chi connectivity index (χ1n) is 6.90. The Kier molecular flexibility index (Phi) is 3.60. The Labute approximate surface area is 121 Å². The number of rotatable bonds is 3. The summed E-state index contributed by atoms with van der Waals surface area (Å²) in [5, 5.41) is 12.4. The molecule has 6 heteroatoms. The van der Waals surface area contributed by atoms with Gasteiger partial charge in [0, 0.05) is 30.4 Å². The minimum atomic E-state index is -1.17. The SMILES string of the molecule is O=C(O)c1cc(-c2cc(F)ccc2N2CCCCC2)on1. The summed E-state index contributed by atoms with van der Waals surface area (Å²) in [5.74, 6) is -1.28. The predicted octanol–water partition coefficient (Wildman–Crippen LogP) is 3.17. The second kappa shape index (κ2) is 5.55. The van der Waals surface area contributed by atoms with Gasteiger partial charge in [-0.15, -0.1) is 0 Å². The molecule has 0 spiro atoms. The van der Waals surface area contributed by atoms with Crippen LogP contribution in [0, 0.1) is 5.82 Å². The summed E-state index contributed by atoms with van der Waals surface area (Å²) in [6, 6.07) is 5.79. The number of halogens is 1. The normalized spacial score (nSPS) is 15.2. The Morgan fingerprint density at radius 1 is 1.24 bits per heavy atom. The molecule has 21 heavy (non-hydrogen) atoms. The van der Waals surface area contributed by atoms with E-state index in [0.717, 1.165) is 31.6 Å². The highest BCUT2D eigenvalue weighted by Crippen LogP contribution is 2.33. The number of piperidine rings is 1. The van der Waals surface area contributed by atoms with Gasteiger partial charge in [0.25, 0.3) is 0 Å². The second-order valence-electron chi connectivity index (χ2n) is 5.09. The average molecular weight is 290 g/mol. The first-order valence-corrected chi connectivity index (χ1v) is 6.90. The van der Waals surface area contributed by atoms with Gasteiger partial charge in [-0.1, -0.05) is 5.16 Å². The van der Waals surface area contributed by atoms with Gasteiger partial charge >= 0.3 is 5.97 Å². The van der Waals surface area contributed by atoms with Crippen molar-refractivity contribution in [1.82, 2.24) is 5.16 Å². The Balaban J connectivity index is 2.02. The number of nitrogens with zero attached hydrogens (tertiary/aromatic N) is 2. The third-order valence-corrected chi connectivity index (χ3v) is 3.65. The average Bonchev–Trinajstić information content (AvgIpc) is 2.98. The van der Waals surface area contributed by atoms with Gasteiger partial charge in [0.1, 0.15) is 5.82 Å². The Morgan fingerprint density at radius 2 is 2.00 bits per heavy atom. The molecule has 0 saturated carbocycles. The molecule has 0 radical (unpaired) electrons. The number of aromatic carboxylic acids is 1. The molecular formula is C15H15FN2O3. The van der Waals surface area contributed by atoms with E-state index in [1.807, 2.05) is 0 Å². The second-order valence-corrected chi connectivity index (χ2v) is 5.09. The van der Waals surface area contributed by atoms with Gasteiger partial charge in [-0.2, -0.15) is 0 Å². The van der Waals surface area contributed by atoms with Gasteiger partial charge in [-0.05, 0) is 37.5 Å². The number of aromatic nitrogens is 1. The van der Waals surface area contributed by atoms with Crippen molar-refractivity contribution in [2.45, 2.75) is 19.3 Å². The van der Waals surface area contributed by atoms with E-state index in [1.165, 1.54) is 24.6 Å². The number of benzene rings is 1. The zero-order valence-electron chi connectivity index (χ0n) is 11.4. The summed E-state index contributed by atoms with van der Waals surface area (Å²) in [6.07, 6.45) is 3.37. The van der Waals surface area contributed by atoms with Gasteiger partial charge in [-0.25, -0.2) is 9.18 Å². The van der Waals surface area contributed by atoms with Crippen molar-refractivity contribution in [3.63, 3.8) is 0 Å². The molecule has 1 fully saturated rings. The lowest BCUT2D eigenvalue weighted by Gasteiger charge is -2.30. The minimum Gasteiger partial charge on any atom is -0.476 e.